The second-order valence-corrected chi connectivity index (χ2v) is 3.78. The summed E-state index contributed by atoms with van der Waals surface area (Å²) in [6, 6.07) is 0. The van der Waals surface area contributed by atoms with Crippen LogP contribution in [0.3, 0.4) is 0 Å². The predicted octanol–water partition coefficient (Wildman–Crippen LogP) is -0.0247. The van der Waals surface area contributed by atoms with Gasteiger partial charge in [-0.15, -0.1) is 0 Å². The van der Waals surface area contributed by atoms with Crippen LogP contribution >= 0.6 is 0 Å². The lowest BCUT2D eigenvalue weighted by Gasteiger charge is -2.20. The van der Waals surface area contributed by atoms with Crippen LogP contribution in [0.4, 0.5) is 0 Å². The fourth-order valence-electron chi connectivity index (χ4n) is 1.77. The summed E-state index contributed by atoms with van der Waals surface area (Å²) in [6.07, 6.45) is 1.75. The molecule has 3 N–H and O–H groups in total. The third-order valence-corrected chi connectivity index (χ3v) is 2.72. The molecule has 1 fully saturated rings. The van der Waals surface area contributed by atoms with Crippen LogP contribution in [0, 0.1) is 11.8 Å². The van der Waals surface area contributed by atoms with Crippen LogP contribution in [0.5, 0.6) is 0 Å². The molecule has 0 amide bonds. The maximum absolute atomic E-state index is 9.29. The second-order valence-electron chi connectivity index (χ2n) is 3.78. The summed E-state index contributed by atoms with van der Waals surface area (Å²) in [7, 11) is 0. The van der Waals surface area contributed by atoms with Crippen molar-refractivity contribution in [2.75, 3.05) is 19.7 Å². The molecule has 0 spiro atoms. The van der Waals surface area contributed by atoms with E-state index in [-0.39, 0.29) is 18.6 Å². The fourth-order valence-corrected chi connectivity index (χ4v) is 1.77. The maximum Gasteiger partial charge on any atom is 0.0562 e. The monoisotopic (exact) mass is 173 g/mol. The first-order valence-electron chi connectivity index (χ1n) is 4.73. The smallest absolute Gasteiger partial charge is 0.0562 e. The van der Waals surface area contributed by atoms with E-state index < -0.39 is 0 Å². The number of aliphatic hydroxyl groups excluding tert-OH is 2. The zero-order chi connectivity index (χ0) is 8.97. The Bertz CT molecular complexity index is 122. The average molecular weight is 173 g/mol. The highest BCUT2D eigenvalue weighted by molar-refractivity contribution is 4.76. The average Bonchev–Trinajstić information content (AvgIpc) is 2.51. The molecule has 72 valence electrons. The standard InChI is InChI=1S/C9H19NO2/c1-7(12)9(6-11)4-8-2-3-10-5-8/h7-12H,2-6H2,1H3. The van der Waals surface area contributed by atoms with E-state index in [1.165, 1.54) is 6.42 Å². The lowest BCUT2D eigenvalue weighted by molar-refractivity contribution is 0.0669. The summed E-state index contributed by atoms with van der Waals surface area (Å²) < 4.78 is 0. The molecule has 1 aliphatic heterocycles. The third-order valence-electron chi connectivity index (χ3n) is 2.72. The van der Waals surface area contributed by atoms with Crippen molar-refractivity contribution in [3.63, 3.8) is 0 Å². The zero-order valence-electron chi connectivity index (χ0n) is 7.66. The molecular weight excluding hydrogens is 154 g/mol. The number of hydrogen-bond acceptors (Lipinski definition) is 3. The first kappa shape index (κ1) is 9.96. The molecule has 0 bridgehead atoms. The minimum atomic E-state index is -0.379. The first-order valence-corrected chi connectivity index (χ1v) is 4.73. The lowest BCUT2D eigenvalue weighted by atomic mass is 9.91. The van der Waals surface area contributed by atoms with E-state index in [1.807, 2.05) is 0 Å². The highest BCUT2D eigenvalue weighted by atomic mass is 16.3. The lowest BCUT2D eigenvalue weighted by Crippen LogP contribution is -2.24. The topological polar surface area (TPSA) is 52.5 Å². The number of aliphatic hydroxyl groups is 2. The van der Waals surface area contributed by atoms with Gasteiger partial charge in [-0.2, -0.15) is 0 Å². The summed E-state index contributed by atoms with van der Waals surface area (Å²) in [5.41, 5.74) is 0. The van der Waals surface area contributed by atoms with Crippen molar-refractivity contribution in [2.45, 2.75) is 25.9 Å². The summed E-state index contributed by atoms with van der Waals surface area (Å²) in [5, 5.41) is 21.5. The Morgan fingerprint density at radius 3 is 2.75 bits per heavy atom. The molecule has 3 heteroatoms. The van der Waals surface area contributed by atoms with Gasteiger partial charge in [-0.3, -0.25) is 0 Å². The second kappa shape index (κ2) is 4.80. The van der Waals surface area contributed by atoms with Crippen molar-refractivity contribution in [2.24, 2.45) is 11.8 Å². The normalized spacial score (nSPS) is 28.8. The van der Waals surface area contributed by atoms with Crippen molar-refractivity contribution in [1.82, 2.24) is 5.32 Å². The predicted molar refractivity (Wildman–Crippen MR) is 47.9 cm³/mol. The van der Waals surface area contributed by atoms with E-state index in [0.29, 0.717) is 5.92 Å². The summed E-state index contributed by atoms with van der Waals surface area (Å²) in [5.74, 6) is 0.714. The SMILES string of the molecule is CC(O)C(CO)CC1CCNC1. The Balaban J connectivity index is 2.26. The van der Waals surface area contributed by atoms with Crippen molar-refractivity contribution >= 4 is 0 Å². The molecule has 0 aliphatic carbocycles. The van der Waals surface area contributed by atoms with Gasteiger partial charge in [0.2, 0.25) is 0 Å². The van der Waals surface area contributed by atoms with Gasteiger partial charge in [-0.1, -0.05) is 0 Å². The molecule has 1 aliphatic rings. The van der Waals surface area contributed by atoms with Crippen LogP contribution in [0.2, 0.25) is 0 Å². The zero-order valence-corrected chi connectivity index (χ0v) is 7.66. The van der Waals surface area contributed by atoms with Gasteiger partial charge in [0.1, 0.15) is 0 Å². The van der Waals surface area contributed by atoms with Crippen LogP contribution in [0.25, 0.3) is 0 Å². The van der Waals surface area contributed by atoms with E-state index in [4.69, 9.17) is 5.11 Å². The summed E-state index contributed by atoms with van der Waals surface area (Å²) in [6.45, 7) is 3.99. The number of rotatable bonds is 4. The summed E-state index contributed by atoms with van der Waals surface area (Å²) in [4.78, 5) is 0. The number of nitrogens with one attached hydrogen (secondary N) is 1. The molecule has 12 heavy (non-hydrogen) atoms. The van der Waals surface area contributed by atoms with Crippen LogP contribution in [0.1, 0.15) is 19.8 Å². The largest absolute Gasteiger partial charge is 0.396 e. The van der Waals surface area contributed by atoms with Crippen molar-refractivity contribution in [3.8, 4) is 0 Å². The molecule has 0 aromatic rings. The molecule has 1 saturated heterocycles. The van der Waals surface area contributed by atoms with Gasteiger partial charge < -0.3 is 15.5 Å². The molecule has 0 radical (unpaired) electrons. The van der Waals surface area contributed by atoms with Gasteiger partial charge >= 0.3 is 0 Å². The van der Waals surface area contributed by atoms with Crippen LogP contribution in [-0.4, -0.2) is 36.0 Å². The molecule has 3 unspecified atom stereocenters. The summed E-state index contributed by atoms with van der Waals surface area (Å²) >= 11 is 0. The van der Waals surface area contributed by atoms with Crippen LogP contribution in [0.15, 0.2) is 0 Å². The van der Waals surface area contributed by atoms with E-state index in [2.05, 4.69) is 5.32 Å². The minimum absolute atomic E-state index is 0.0647. The van der Waals surface area contributed by atoms with E-state index in [1.54, 1.807) is 6.92 Å². The van der Waals surface area contributed by atoms with Gasteiger partial charge in [0.05, 0.1) is 6.10 Å². The molecular formula is C9H19NO2. The Kier molecular flexibility index (Phi) is 3.98. The maximum atomic E-state index is 9.29. The Morgan fingerprint density at radius 1 is 1.58 bits per heavy atom. The van der Waals surface area contributed by atoms with Gasteiger partial charge in [0.15, 0.2) is 0 Å². The molecule has 3 atom stereocenters. The fraction of sp³-hybridized carbons (Fsp3) is 1.00. The Labute approximate surface area is 73.8 Å². The van der Waals surface area contributed by atoms with E-state index in [0.717, 1.165) is 19.5 Å². The number of hydrogen-bond donors (Lipinski definition) is 3. The van der Waals surface area contributed by atoms with Gasteiger partial charge in [-0.05, 0) is 38.8 Å². The van der Waals surface area contributed by atoms with Crippen LogP contribution in [-0.2, 0) is 0 Å². The molecule has 1 heterocycles. The molecule has 1 rings (SSSR count). The van der Waals surface area contributed by atoms with Crippen molar-refractivity contribution in [1.29, 1.82) is 0 Å². The first-order chi connectivity index (χ1) is 5.74. The van der Waals surface area contributed by atoms with Crippen molar-refractivity contribution < 1.29 is 10.2 Å². The van der Waals surface area contributed by atoms with Crippen LogP contribution < -0.4 is 5.32 Å². The molecule has 3 nitrogen and oxygen atoms in total. The third kappa shape index (κ3) is 2.73. The Morgan fingerprint density at radius 2 is 2.33 bits per heavy atom. The minimum Gasteiger partial charge on any atom is -0.396 e. The highest BCUT2D eigenvalue weighted by Gasteiger charge is 2.22. The molecule has 0 saturated carbocycles. The van der Waals surface area contributed by atoms with E-state index >= 15 is 0 Å². The van der Waals surface area contributed by atoms with Crippen molar-refractivity contribution in [3.05, 3.63) is 0 Å². The van der Waals surface area contributed by atoms with Gasteiger partial charge in [-0.25, -0.2) is 0 Å². The molecule has 0 aromatic heterocycles. The van der Waals surface area contributed by atoms with Gasteiger partial charge in [0.25, 0.3) is 0 Å². The van der Waals surface area contributed by atoms with Gasteiger partial charge in [0, 0.05) is 12.5 Å². The Hall–Kier alpha value is -0.120. The highest BCUT2D eigenvalue weighted by Crippen LogP contribution is 2.20. The molecule has 0 aromatic carbocycles. The quantitative estimate of drug-likeness (QED) is 0.560. The van der Waals surface area contributed by atoms with E-state index in [9.17, 15) is 5.11 Å².